The second-order valence-electron chi connectivity index (χ2n) is 4.21. The number of amides is 2. The van der Waals surface area contributed by atoms with Crippen LogP contribution in [0.25, 0.3) is 0 Å². The number of carbonyl (C=O) groups is 1. The second-order valence-corrected chi connectivity index (χ2v) is 4.21. The lowest BCUT2D eigenvalue weighted by Crippen LogP contribution is -2.38. The predicted molar refractivity (Wildman–Crippen MR) is 74.7 cm³/mol. The molecule has 1 heterocycles. The standard InChI is InChI=1S/C13H18N2O2.ClH/c1-17-12-7-5-11(6-8-12)14-13(16)15-9-3-2-4-10-15;/h5-8H,2-4,9-10H2,1H3,(H,14,16);1H. The van der Waals surface area contributed by atoms with Gasteiger partial charge in [0.2, 0.25) is 0 Å². The first-order valence-corrected chi connectivity index (χ1v) is 5.99. The van der Waals surface area contributed by atoms with E-state index in [1.807, 2.05) is 29.2 Å². The van der Waals surface area contributed by atoms with E-state index in [1.165, 1.54) is 6.42 Å². The Morgan fingerprint density at radius 2 is 1.78 bits per heavy atom. The van der Waals surface area contributed by atoms with Gasteiger partial charge in [-0.2, -0.15) is 0 Å². The molecule has 0 aromatic heterocycles. The van der Waals surface area contributed by atoms with Crippen molar-refractivity contribution in [3.05, 3.63) is 24.3 Å². The third kappa shape index (κ3) is 3.81. The minimum absolute atomic E-state index is 0. The number of methoxy groups -OCH3 is 1. The predicted octanol–water partition coefficient (Wildman–Crippen LogP) is 3.13. The van der Waals surface area contributed by atoms with Gasteiger partial charge in [-0.25, -0.2) is 4.79 Å². The zero-order chi connectivity index (χ0) is 12.1. The molecule has 2 amide bonds. The number of ether oxygens (including phenoxy) is 1. The van der Waals surface area contributed by atoms with E-state index >= 15 is 0 Å². The molecule has 1 aromatic rings. The molecule has 0 unspecified atom stereocenters. The average Bonchev–Trinajstić information content (AvgIpc) is 2.40. The summed E-state index contributed by atoms with van der Waals surface area (Å²) in [6.07, 6.45) is 3.44. The Hall–Kier alpha value is -1.42. The molecule has 0 atom stereocenters. The topological polar surface area (TPSA) is 41.6 Å². The van der Waals surface area contributed by atoms with E-state index in [0.29, 0.717) is 0 Å². The Morgan fingerprint density at radius 3 is 2.33 bits per heavy atom. The van der Waals surface area contributed by atoms with Crippen molar-refractivity contribution in [3.8, 4) is 5.75 Å². The summed E-state index contributed by atoms with van der Waals surface area (Å²) in [4.78, 5) is 13.8. The molecule has 5 heteroatoms. The first-order valence-electron chi connectivity index (χ1n) is 5.99. The van der Waals surface area contributed by atoms with Gasteiger partial charge >= 0.3 is 6.03 Å². The van der Waals surface area contributed by atoms with Crippen LogP contribution in [-0.2, 0) is 0 Å². The maximum atomic E-state index is 11.9. The molecule has 4 nitrogen and oxygen atoms in total. The number of likely N-dealkylation sites (tertiary alicyclic amines) is 1. The summed E-state index contributed by atoms with van der Waals surface area (Å²) in [6, 6.07) is 7.37. The van der Waals surface area contributed by atoms with Gasteiger partial charge < -0.3 is 15.0 Å². The number of rotatable bonds is 2. The van der Waals surface area contributed by atoms with Crippen molar-refractivity contribution in [1.82, 2.24) is 4.90 Å². The summed E-state index contributed by atoms with van der Waals surface area (Å²) in [5.41, 5.74) is 0.807. The zero-order valence-corrected chi connectivity index (χ0v) is 11.3. The molecule has 1 saturated heterocycles. The van der Waals surface area contributed by atoms with E-state index in [9.17, 15) is 4.79 Å². The number of carbonyl (C=O) groups excluding carboxylic acids is 1. The van der Waals surface area contributed by atoms with Crippen LogP contribution < -0.4 is 10.1 Å². The van der Waals surface area contributed by atoms with Crippen LogP contribution in [0.3, 0.4) is 0 Å². The highest BCUT2D eigenvalue weighted by atomic mass is 35.5. The van der Waals surface area contributed by atoms with Crippen LogP contribution in [0.1, 0.15) is 19.3 Å². The fourth-order valence-electron chi connectivity index (χ4n) is 1.97. The monoisotopic (exact) mass is 270 g/mol. The Balaban J connectivity index is 0.00000162. The molecular formula is C13H19ClN2O2. The van der Waals surface area contributed by atoms with Gasteiger partial charge in [0.15, 0.2) is 0 Å². The second kappa shape index (κ2) is 7.11. The van der Waals surface area contributed by atoms with Crippen molar-refractivity contribution in [3.63, 3.8) is 0 Å². The highest BCUT2D eigenvalue weighted by Crippen LogP contribution is 2.16. The van der Waals surface area contributed by atoms with Gasteiger partial charge in [-0.15, -0.1) is 12.4 Å². The molecular weight excluding hydrogens is 252 g/mol. The number of nitrogens with one attached hydrogen (secondary N) is 1. The van der Waals surface area contributed by atoms with Crippen LogP contribution in [0.4, 0.5) is 10.5 Å². The molecule has 1 aliphatic heterocycles. The van der Waals surface area contributed by atoms with Gasteiger partial charge in [0.05, 0.1) is 7.11 Å². The highest BCUT2D eigenvalue weighted by Gasteiger charge is 2.15. The van der Waals surface area contributed by atoms with Crippen LogP contribution in [0, 0.1) is 0 Å². The van der Waals surface area contributed by atoms with Crippen molar-refractivity contribution < 1.29 is 9.53 Å². The quantitative estimate of drug-likeness (QED) is 0.897. The summed E-state index contributed by atoms with van der Waals surface area (Å²) < 4.78 is 5.07. The summed E-state index contributed by atoms with van der Waals surface area (Å²) in [6.45, 7) is 1.73. The molecule has 18 heavy (non-hydrogen) atoms. The molecule has 1 N–H and O–H groups in total. The zero-order valence-electron chi connectivity index (χ0n) is 10.5. The summed E-state index contributed by atoms with van der Waals surface area (Å²) >= 11 is 0. The Bertz CT molecular complexity index is 375. The van der Waals surface area contributed by atoms with E-state index in [4.69, 9.17) is 4.74 Å². The molecule has 1 aliphatic rings. The largest absolute Gasteiger partial charge is 0.497 e. The lowest BCUT2D eigenvalue weighted by molar-refractivity contribution is 0.200. The van der Waals surface area contributed by atoms with Crippen LogP contribution in [0.5, 0.6) is 5.75 Å². The lowest BCUT2D eigenvalue weighted by Gasteiger charge is -2.26. The van der Waals surface area contributed by atoms with Crippen molar-refractivity contribution in [2.45, 2.75) is 19.3 Å². The Kier molecular flexibility index (Phi) is 5.78. The minimum Gasteiger partial charge on any atom is -0.497 e. The van der Waals surface area contributed by atoms with Gasteiger partial charge in [-0.1, -0.05) is 0 Å². The molecule has 0 radical (unpaired) electrons. The third-order valence-corrected chi connectivity index (χ3v) is 2.98. The number of urea groups is 1. The van der Waals surface area contributed by atoms with Crippen LogP contribution in [0.15, 0.2) is 24.3 Å². The smallest absolute Gasteiger partial charge is 0.321 e. The SMILES string of the molecule is COc1ccc(NC(=O)N2CCCCC2)cc1.Cl. The minimum atomic E-state index is -0.00475. The molecule has 0 aliphatic carbocycles. The van der Waals surface area contributed by atoms with Crippen LogP contribution in [0.2, 0.25) is 0 Å². The van der Waals surface area contributed by atoms with E-state index < -0.39 is 0 Å². The molecule has 2 rings (SSSR count). The summed E-state index contributed by atoms with van der Waals surface area (Å²) in [7, 11) is 1.63. The first-order chi connectivity index (χ1) is 8.29. The number of hydrogen-bond donors (Lipinski definition) is 1. The Labute approximate surface area is 114 Å². The van der Waals surface area contributed by atoms with Crippen LogP contribution in [-0.4, -0.2) is 31.1 Å². The first kappa shape index (κ1) is 14.6. The van der Waals surface area contributed by atoms with Crippen molar-refractivity contribution in [1.29, 1.82) is 0 Å². The van der Waals surface area contributed by atoms with Gasteiger partial charge in [0.25, 0.3) is 0 Å². The molecule has 1 fully saturated rings. The van der Waals surface area contributed by atoms with E-state index in [1.54, 1.807) is 7.11 Å². The molecule has 0 saturated carbocycles. The third-order valence-electron chi connectivity index (χ3n) is 2.98. The van der Waals surface area contributed by atoms with Gasteiger partial charge in [0, 0.05) is 18.8 Å². The van der Waals surface area contributed by atoms with E-state index in [0.717, 1.165) is 37.4 Å². The van der Waals surface area contributed by atoms with E-state index in [2.05, 4.69) is 5.32 Å². The molecule has 0 spiro atoms. The highest BCUT2D eigenvalue weighted by molar-refractivity contribution is 5.89. The number of benzene rings is 1. The number of anilines is 1. The summed E-state index contributed by atoms with van der Waals surface area (Å²) in [5.74, 6) is 0.793. The number of halogens is 1. The number of hydrogen-bond acceptors (Lipinski definition) is 2. The molecule has 1 aromatic carbocycles. The maximum Gasteiger partial charge on any atom is 0.321 e. The van der Waals surface area contributed by atoms with Gasteiger partial charge in [-0.05, 0) is 43.5 Å². The van der Waals surface area contributed by atoms with Crippen molar-refractivity contribution in [2.75, 3.05) is 25.5 Å². The molecule has 100 valence electrons. The van der Waals surface area contributed by atoms with Gasteiger partial charge in [-0.3, -0.25) is 0 Å². The van der Waals surface area contributed by atoms with Crippen LogP contribution >= 0.6 is 12.4 Å². The van der Waals surface area contributed by atoms with Crippen molar-refractivity contribution in [2.24, 2.45) is 0 Å². The maximum absolute atomic E-state index is 11.9. The fraction of sp³-hybridized carbons (Fsp3) is 0.462. The fourth-order valence-corrected chi connectivity index (χ4v) is 1.97. The number of piperidine rings is 1. The normalized spacial score (nSPS) is 14.6. The van der Waals surface area contributed by atoms with E-state index in [-0.39, 0.29) is 18.4 Å². The Morgan fingerprint density at radius 1 is 1.17 bits per heavy atom. The number of nitrogens with zero attached hydrogens (tertiary/aromatic N) is 1. The lowest BCUT2D eigenvalue weighted by atomic mass is 10.1. The molecule has 0 bridgehead atoms. The van der Waals surface area contributed by atoms with Crippen molar-refractivity contribution >= 4 is 24.1 Å². The summed E-state index contributed by atoms with van der Waals surface area (Å²) in [5, 5.41) is 2.89. The van der Waals surface area contributed by atoms with Gasteiger partial charge in [0.1, 0.15) is 5.75 Å². The average molecular weight is 271 g/mol.